The lowest BCUT2D eigenvalue weighted by Crippen LogP contribution is -2.28. The molecule has 1 unspecified atom stereocenters. The highest BCUT2D eigenvalue weighted by Gasteiger charge is 2.24. The van der Waals surface area contributed by atoms with Gasteiger partial charge in [-0.1, -0.05) is 6.07 Å². The SMILES string of the molecule is Fc1ccc2c(ccn2CCN2CCC(Oc3cccc(F)n3)C2)c1. The largest absolute Gasteiger partial charge is 0.473 e. The van der Waals surface area contributed by atoms with E-state index in [2.05, 4.69) is 14.5 Å². The van der Waals surface area contributed by atoms with Crippen molar-refractivity contribution in [3.8, 4) is 5.88 Å². The van der Waals surface area contributed by atoms with Crippen molar-refractivity contribution in [3.05, 3.63) is 60.4 Å². The molecule has 0 spiro atoms. The van der Waals surface area contributed by atoms with Gasteiger partial charge in [-0.3, -0.25) is 4.90 Å². The van der Waals surface area contributed by atoms with Crippen molar-refractivity contribution in [2.45, 2.75) is 19.1 Å². The molecule has 1 aromatic carbocycles. The highest BCUT2D eigenvalue weighted by molar-refractivity contribution is 5.80. The maximum atomic E-state index is 13.3. The van der Waals surface area contributed by atoms with Gasteiger partial charge in [0.05, 0.1) is 0 Å². The van der Waals surface area contributed by atoms with Crippen molar-refractivity contribution in [2.75, 3.05) is 19.6 Å². The third-order valence-electron chi connectivity index (χ3n) is 4.60. The first kappa shape index (κ1) is 16.0. The van der Waals surface area contributed by atoms with Crippen LogP contribution in [0.2, 0.25) is 0 Å². The van der Waals surface area contributed by atoms with Crippen LogP contribution in [0.15, 0.2) is 48.7 Å². The molecule has 1 atom stereocenters. The molecule has 6 heteroatoms. The maximum absolute atomic E-state index is 13.3. The van der Waals surface area contributed by atoms with E-state index in [4.69, 9.17) is 4.74 Å². The van der Waals surface area contributed by atoms with Gasteiger partial charge in [-0.15, -0.1) is 0 Å². The van der Waals surface area contributed by atoms with Gasteiger partial charge in [-0.05, 0) is 36.8 Å². The highest BCUT2D eigenvalue weighted by Crippen LogP contribution is 2.19. The number of halogens is 2. The fourth-order valence-corrected chi connectivity index (χ4v) is 3.34. The third kappa shape index (κ3) is 3.64. The lowest BCUT2D eigenvalue weighted by molar-refractivity contribution is 0.190. The second-order valence-corrected chi connectivity index (χ2v) is 6.34. The Labute approximate surface area is 144 Å². The van der Waals surface area contributed by atoms with Gasteiger partial charge < -0.3 is 9.30 Å². The predicted octanol–water partition coefficient (Wildman–Crippen LogP) is 3.47. The van der Waals surface area contributed by atoms with Crippen LogP contribution in [0.3, 0.4) is 0 Å². The zero-order chi connectivity index (χ0) is 17.2. The standard InChI is InChI=1S/C19H19F2N3O/c20-15-4-5-17-14(12-15)6-9-24(17)11-10-23-8-7-16(13-23)25-19-3-1-2-18(21)22-19/h1-6,9,12,16H,7-8,10-11,13H2. The van der Waals surface area contributed by atoms with Crippen molar-refractivity contribution in [2.24, 2.45) is 0 Å². The van der Waals surface area contributed by atoms with Crippen molar-refractivity contribution >= 4 is 10.9 Å². The minimum absolute atomic E-state index is 0.0322. The summed E-state index contributed by atoms with van der Waals surface area (Å²) in [5.74, 6) is -0.399. The fourth-order valence-electron chi connectivity index (χ4n) is 3.34. The summed E-state index contributed by atoms with van der Waals surface area (Å²) in [5.41, 5.74) is 1.04. The molecule has 0 amide bonds. The highest BCUT2D eigenvalue weighted by atomic mass is 19.1. The third-order valence-corrected chi connectivity index (χ3v) is 4.60. The van der Waals surface area contributed by atoms with Crippen molar-refractivity contribution in [1.29, 1.82) is 0 Å². The van der Waals surface area contributed by atoms with Crippen LogP contribution in [-0.2, 0) is 6.54 Å². The van der Waals surface area contributed by atoms with Crippen LogP contribution in [0.25, 0.3) is 10.9 Å². The van der Waals surface area contributed by atoms with Crippen LogP contribution in [0.1, 0.15) is 6.42 Å². The number of nitrogens with zero attached hydrogens (tertiary/aromatic N) is 3. The van der Waals surface area contributed by atoms with Crippen molar-refractivity contribution in [3.63, 3.8) is 0 Å². The first-order valence-corrected chi connectivity index (χ1v) is 8.43. The second-order valence-electron chi connectivity index (χ2n) is 6.34. The Bertz CT molecular complexity index is 880. The van der Waals surface area contributed by atoms with Crippen LogP contribution >= 0.6 is 0 Å². The molecule has 0 saturated carbocycles. The van der Waals surface area contributed by atoms with Gasteiger partial charge in [0.1, 0.15) is 11.9 Å². The molecule has 0 radical (unpaired) electrons. The molecule has 2 aromatic heterocycles. The molecule has 4 rings (SSSR count). The van der Waals surface area contributed by atoms with Crippen LogP contribution in [0.5, 0.6) is 5.88 Å². The summed E-state index contributed by atoms with van der Waals surface area (Å²) >= 11 is 0. The van der Waals surface area contributed by atoms with E-state index in [9.17, 15) is 8.78 Å². The molecule has 0 bridgehead atoms. The van der Waals surface area contributed by atoms with E-state index in [1.165, 1.54) is 12.1 Å². The average molecular weight is 343 g/mol. The monoisotopic (exact) mass is 343 g/mol. The number of hydrogen-bond donors (Lipinski definition) is 0. The molecule has 1 saturated heterocycles. The fraction of sp³-hybridized carbons (Fsp3) is 0.316. The van der Waals surface area contributed by atoms with Crippen LogP contribution < -0.4 is 4.74 Å². The summed E-state index contributed by atoms with van der Waals surface area (Å²) < 4.78 is 34.3. The second kappa shape index (κ2) is 6.80. The van der Waals surface area contributed by atoms with Gasteiger partial charge >= 0.3 is 0 Å². The van der Waals surface area contributed by atoms with Crippen LogP contribution in [-0.4, -0.2) is 40.2 Å². The number of likely N-dealkylation sites (tertiary alicyclic amines) is 1. The normalized spacial score (nSPS) is 18.1. The Balaban J connectivity index is 1.33. The number of pyridine rings is 1. The minimum Gasteiger partial charge on any atom is -0.473 e. The van der Waals surface area contributed by atoms with E-state index in [0.29, 0.717) is 5.88 Å². The Kier molecular flexibility index (Phi) is 4.36. The number of ether oxygens (including phenoxy) is 1. The number of fused-ring (bicyclic) bond motifs is 1. The van der Waals surface area contributed by atoms with Gasteiger partial charge in [0.2, 0.25) is 11.8 Å². The van der Waals surface area contributed by atoms with Gasteiger partial charge in [-0.25, -0.2) is 4.39 Å². The molecular weight excluding hydrogens is 324 g/mol. The van der Waals surface area contributed by atoms with E-state index < -0.39 is 5.95 Å². The first-order valence-electron chi connectivity index (χ1n) is 8.43. The number of rotatable bonds is 5. The summed E-state index contributed by atoms with van der Waals surface area (Å²) in [6.07, 6.45) is 2.92. The zero-order valence-electron chi connectivity index (χ0n) is 13.7. The molecule has 4 nitrogen and oxygen atoms in total. The molecule has 0 N–H and O–H groups in total. The van der Waals surface area contributed by atoms with E-state index >= 15 is 0 Å². The minimum atomic E-state index is -0.525. The molecule has 1 fully saturated rings. The summed E-state index contributed by atoms with van der Waals surface area (Å²) in [6.45, 7) is 3.46. The molecule has 0 aliphatic carbocycles. The summed E-state index contributed by atoms with van der Waals surface area (Å²) in [5, 5.41) is 0.916. The Morgan fingerprint density at radius 3 is 2.92 bits per heavy atom. The van der Waals surface area contributed by atoms with Crippen LogP contribution in [0.4, 0.5) is 8.78 Å². The van der Waals surface area contributed by atoms with Gasteiger partial charge in [0.15, 0.2) is 0 Å². The lowest BCUT2D eigenvalue weighted by Gasteiger charge is -2.17. The molecule has 25 heavy (non-hydrogen) atoms. The summed E-state index contributed by atoms with van der Waals surface area (Å²) in [7, 11) is 0. The van der Waals surface area contributed by atoms with E-state index in [-0.39, 0.29) is 11.9 Å². The van der Waals surface area contributed by atoms with Crippen molar-refractivity contribution < 1.29 is 13.5 Å². The molecule has 1 aliphatic heterocycles. The smallest absolute Gasteiger partial charge is 0.216 e. The summed E-state index contributed by atoms with van der Waals surface area (Å²) in [4.78, 5) is 6.07. The van der Waals surface area contributed by atoms with Gasteiger partial charge in [0, 0.05) is 49.3 Å². The molecule has 3 aromatic rings. The topological polar surface area (TPSA) is 30.3 Å². The van der Waals surface area contributed by atoms with E-state index in [1.807, 2.05) is 18.3 Å². The zero-order valence-corrected chi connectivity index (χ0v) is 13.7. The Hall–Kier alpha value is -2.47. The number of aromatic nitrogens is 2. The number of hydrogen-bond acceptors (Lipinski definition) is 3. The molecular formula is C19H19F2N3O. The number of benzene rings is 1. The average Bonchev–Trinajstić information content (AvgIpc) is 3.19. The predicted molar refractivity (Wildman–Crippen MR) is 91.6 cm³/mol. The van der Waals surface area contributed by atoms with E-state index in [1.54, 1.807) is 18.2 Å². The lowest BCUT2D eigenvalue weighted by atomic mass is 10.2. The first-order chi connectivity index (χ1) is 12.2. The molecule has 1 aliphatic rings. The maximum Gasteiger partial charge on any atom is 0.216 e. The van der Waals surface area contributed by atoms with Gasteiger partial charge in [0.25, 0.3) is 0 Å². The molecule has 130 valence electrons. The summed E-state index contributed by atoms with van der Waals surface area (Å²) in [6, 6.07) is 11.4. The quantitative estimate of drug-likeness (QED) is 0.665. The molecule has 3 heterocycles. The van der Waals surface area contributed by atoms with Crippen LogP contribution in [0, 0.1) is 11.8 Å². The van der Waals surface area contributed by atoms with Gasteiger partial charge in [-0.2, -0.15) is 9.37 Å². The van der Waals surface area contributed by atoms with Crippen molar-refractivity contribution in [1.82, 2.24) is 14.5 Å². The van der Waals surface area contributed by atoms with E-state index in [0.717, 1.165) is 43.5 Å². The Morgan fingerprint density at radius 2 is 2.04 bits per heavy atom. The Morgan fingerprint density at radius 1 is 1.12 bits per heavy atom.